The van der Waals surface area contributed by atoms with Crippen LogP contribution < -0.4 is 14.5 Å². The number of rotatable bonds is 16. The van der Waals surface area contributed by atoms with Crippen LogP contribution in [0.3, 0.4) is 0 Å². The van der Waals surface area contributed by atoms with Crippen LogP contribution in [0.2, 0.25) is 0 Å². The van der Waals surface area contributed by atoms with E-state index in [-0.39, 0.29) is 15.5 Å². The first-order valence-corrected chi connectivity index (χ1v) is 13.9. The van der Waals surface area contributed by atoms with E-state index in [4.69, 9.17) is 15.2 Å². The second-order valence-electron chi connectivity index (χ2n) is 7.67. The number of sulfonamides is 2. The predicted molar refractivity (Wildman–Crippen MR) is 123 cm³/mol. The number of para-hydroxylation sites is 1. The van der Waals surface area contributed by atoms with E-state index in [0.717, 1.165) is 51.4 Å². The van der Waals surface area contributed by atoms with Gasteiger partial charge >= 0.3 is 0 Å². The van der Waals surface area contributed by atoms with E-state index < -0.39 is 20.0 Å². The van der Waals surface area contributed by atoms with Gasteiger partial charge in [0.05, 0.1) is 11.5 Å². The van der Waals surface area contributed by atoms with Gasteiger partial charge in [0.25, 0.3) is 20.0 Å². The lowest BCUT2D eigenvalue weighted by Gasteiger charge is -2.11. The fraction of sp³-hybridized carbons (Fsp3) is 0.455. The van der Waals surface area contributed by atoms with Crippen molar-refractivity contribution in [3.63, 3.8) is 0 Å². The minimum atomic E-state index is -3.98. The maximum absolute atomic E-state index is 11.8. The Hall–Kier alpha value is -2.02. The summed E-state index contributed by atoms with van der Waals surface area (Å²) in [5.74, 6) is 0.211. The molecule has 0 atom stereocenters. The molecule has 0 aliphatic carbocycles. The zero-order valence-corrected chi connectivity index (χ0v) is 20.1. The standard InChI is InChI=1S/C22H32N2O7S2/c25-23-32(27,28)21-16-10-8-14-19(21)13-7-5-3-1-2-4-6-12-18-31-20-15-9-11-17-22(20)33(29,30)24-26/h8-11,14-17,23-26H,1-7,12-13,18H2. The highest BCUT2D eigenvalue weighted by Gasteiger charge is 2.18. The lowest BCUT2D eigenvalue weighted by molar-refractivity contribution is 0.241. The van der Waals surface area contributed by atoms with Crippen molar-refractivity contribution in [3.05, 3.63) is 54.1 Å². The second kappa shape index (κ2) is 13.6. The summed E-state index contributed by atoms with van der Waals surface area (Å²) >= 11 is 0. The third-order valence-corrected chi connectivity index (χ3v) is 7.61. The molecule has 0 aliphatic rings. The zero-order chi connectivity index (χ0) is 24.2. The van der Waals surface area contributed by atoms with E-state index in [1.165, 1.54) is 21.9 Å². The van der Waals surface area contributed by atoms with E-state index in [0.29, 0.717) is 18.6 Å². The third kappa shape index (κ3) is 8.69. The van der Waals surface area contributed by atoms with Gasteiger partial charge in [0.1, 0.15) is 10.6 Å². The van der Waals surface area contributed by atoms with Crippen LogP contribution in [0, 0.1) is 0 Å². The summed E-state index contributed by atoms with van der Waals surface area (Å²) in [5.41, 5.74) is 0.697. The number of hydrogen-bond donors (Lipinski definition) is 4. The van der Waals surface area contributed by atoms with Gasteiger partial charge < -0.3 is 15.2 Å². The first kappa shape index (κ1) is 27.2. The molecule has 2 rings (SSSR count). The van der Waals surface area contributed by atoms with Gasteiger partial charge in [-0.05, 0) is 43.0 Å². The van der Waals surface area contributed by atoms with Crippen molar-refractivity contribution >= 4 is 20.0 Å². The van der Waals surface area contributed by atoms with Crippen molar-refractivity contribution < 1.29 is 32.0 Å². The Morgan fingerprint density at radius 2 is 1.12 bits per heavy atom. The molecule has 0 aromatic heterocycles. The molecular weight excluding hydrogens is 468 g/mol. The fourth-order valence-electron chi connectivity index (χ4n) is 3.52. The van der Waals surface area contributed by atoms with E-state index in [2.05, 4.69) is 0 Å². The largest absolute Gasteiger partial charge is 0.492 e. The molecule has 0 heterocycles. The Morgan fingerprint density at radius 1 is 0.636 bits per heavy atom. The van der Waals surface area contributed by atoms with E-state index in [1.54, 1.807) is 36.4 Å². The molecule has 4 N–H and O–H groups in total. The van der Waals surface area contributed by atoms with Crippen LogP contribution in [0.5, 0.6) is 5.75 Å². The van der Waals surface area contributed by atoms with Gasteiger partial charge in [-0.15, -0.1) is 0 Å². The molecule has 0 radical (unpaired) electrons. The summed E-state index contributed by atoms with van der Waals surface area (Å²) in [5, 5.41) is 17.7. The Morgan fingerprint density at radius 3 is 1.76 bits per heavy atom. The number of unbranched alkanes of at least 4 members (excludes halogenated alkanes) is 7. The van der Waals surface area contributed by atoms with Crippen LogP contribution in [0.4, 0.5) is 0 Å². The average molecular weight is 501 g/mol. The molecule has 0 bridgehead atoms. The van der Waals surface area contributed by atoms with Crippen LogP contribution in [0.1, 0.15) is 56.9 Å². The highest BCUT2D eigenvalue weighted by Crippen LogP contribution is 2.23. The normalized spacial score (nSPS) is 12.1. The van der Waals surface area contributed by atoms with Crippen molar-refractivity contribution in [2.24, 2.45) is 0 Å². The molecule has 0 aliphatic heterocycles. The van der Waals surface area contributed by atoms with Gasteiger partial charge in [-0.2, -0.15) is 0 Å². The number of aryl methyl sites for hydroxylation is 1. The van der Waals surface area contributed by atoms with E-state index in [9.17, 15) is 16.8 Å². The topological polar surface area (TPSA) is 142 Å². The highest BCUT2D eigenvalue weighted by molar-refractivity contribution is 7.89. The predicted octanol–water partition coefficient (Wildman–Crippen LogP) is 3.76. The van der Waals surface area contributed by atoms with Gasteiger partial charge in [-0.1, -0.05) is 78.6 Å². The van der Waals surface area contributed by atoms with Crippen LogP contribution in [-0.4, -0.2) is 33.9 Å². The second-order valence-corrected chi connectivity index (χ2v) is 10.9. The average Bonchev–Trinajstić information content (AvgIpc) is 2.83. The number of ether oxygens (including phenoxy) is 1. The van der Waals surface area contributed by atoms with E-state index >= 15 is 0 Å². The Bertz CT molecular complexity index is 988. The fourth-order valence-corrected chi connectivity index (χ4v) is 5.14. The Labute approximate surface area is 195 Å². The minimum Gasteiger partial charge on any atom is -0.492 e. The van der Waals surface area contributed by atoms with Gasteiger partial charge in [-0.3, -0.25) is 0 Å². The van der Waals surface area contributed by atoms with Gasteiger partial charge in [0.15, 0.2) is 0 Å². The van der Waals surface area contributed by atoms with Crippen molar-refractivity contribution in [1.82, 2.24) is 9.77 Å². The summed E-state index contributed by atoms with van der Waals surface area (Å²) in [6.45, 7) is 0.392. The van der Waals surface area contributed by atoms with Gasteiger partial charge in [-0.25, -0.2) is 16.8 Å². The molecule has 33 heavy (non-hydrogen) atoms. The quantitative estimate of drug-likeness (QED) is 0.203. The summed E-state index contributed by atoms with van der Waals surface area (Å²) < 4.78 is 52.8. The molecule has 11 heteroatoms. The first-order chi connectivity index (χ1) is 15.8. The molecule has 0 amide bonds. The first-order valence-electron chi connectivity index (χ1n) is 10.9. The summed E-state index contributed by atoms with van der Waals surface area (Å²) in [7, 11) is -7.85. The molecule has 2 aromatic carbocycles. The Balaban J connectivity index is 1.58. The van der Waals surface area contributed by atoms with Gasteiger partial charge in [0, 0.05) is 0 Å². The molecule has 184 valence electrons. The highest BCUT2D eigenvalue weighted by atomic mass is 32.2. The lowest BCUT2D eigenvalue weighted by atomic mass is 10.0. The smallest absolute Gasteiger partial charge is 0.265 e. The van der Waals surface area contributed by atoms with E-state index in [1.807, 2.05) is 0 Å². The molecule has 0 fully saturated rings. The van der Waals surface area contributed by atoms with Crippen LogP contribution in [0.25, 0.3) is 0 Å². The monoisotopic (exact) mass is 500 g/mol. The lowest BCUT2D eigenvalue weighted by Crippen LogP contribution is -2.20. The van der Waals surface area contributed by atoms with Gasteiger partial charge in [0.2, 0.25) is 0 Å². The maximum atomic E-state index is 11.8. The van der Waals surface area contributed by atoms with Crippen LogP contribution in [0.15, 0.2) is 58.3 Å². The zero-order valence-electron chi connectivity index (χ0n) is 18.4. The molecule has 0 saturated carbocycles. The summed E-state index contributed by atoms with van der Waals surface area (Å²) in [6, 6.07) is 12.8. The number of hydrogen-bond acceptors (Lipinski definition) is 7. The maximum Gasteiger partial charge on any atom is 0.265 e. The van der Waals surface area contributed by atoms with Crippen molar-refractivity contribution in [1.29, 1.82) is 0 Å². The van der Waals surface area contributed by atoms with Crippen molar-refractivity contribution in [3.8, 4) is 5.75 Å². The summed E-state index contributed by atoms with van der Waals surface area (Å²) in [6.07, 6.45) is 8.54. The van der Waals surface area contributed by atoms with Crippen LogP contribution in [-0.2, 0) is 26.5 Å². The SMILES string of the molecule is O=S(=O)(NO)c1ccccc1CCCCCCCCCCOc1ccccc1S(=O)(=O)NO. The molecule has 0 saturated heterocycles. The van der Waals surface area contributed by atoms with Crippen LogP contribution >= 0.6 is 0 Å². The van der Waals surface area contributed by atoms with Crippen molar-refractivity contribution in [2.75, 3.05) is 6.61 Å². The number of benzene rings is 2. The minimum absolute atomic E-state index is 0.0969. The Kier molecular flexibility index (Phi) is 11.2. The third-order valence-electron chi connectivity index (χ3n) is 5.24. The number of nitrogens with one attached hydrogen (secondary N) is 2. The molecule has 0 unspecified atom stereocenters. The molecular formula is C22H32N2O7S2. The van der Waals surface area contributed by atoms with Crippen molar-refractivity contribution in [2.45, 2.75) is 67.6 Å². The molecule has 2 aromatic rings. The summed E-state index contributed by atoms with van der Waals surface area (Å²) in [4.78, 5) is 2.71. The molecule has 0 spiro atoms. The molecule has 9 nitrogen and oxygen atoms in total.